The third-order valence-corrected chi connectivity index (χ3v) is 3.72. The number of likely N-dealkylation sites (N-methyl/N-ethyl adjacent to an activating group) is 1. The maximum atomic E-state index is 12.1. The minimum absolute atomic E-state index is 0.0539. The molecule has 1 atom stereocenters. The topological polar surface area (TPSA) is 71.6 Å². The predicted octanol–water partition coefficient (Wildman–Crippen LogP) is -0.0169. The molecule has 20 heavy (non-hydrogen) atoms. The van der Waals surface area contributed by atoms with Crippen LogP contribution in [0.5, 0.6) is 0 Å². The van der Waals surface area contributed by atoms with E-state index in [-0.39, 0.29) is 17.5 Å². The van der Waals surface area contributed by atoms with E-state index in [9.17, 15) is 9.59 Å². The van der Waals surface area contributed by atoms with Crippen molar-refractivity contribution in [2.75, 3.05) is 32.9 Å². The molecule has 0 radical (unpaired) electrons. The summed E-state index contributed by atoms with van der Waals surface area (Å²) in [6.07, 6.45) is 3.57. The van der Waals surface area contributed by atoms with E-state index in [4.69, 9.17) is 5.73 Å². The first kappa shape index (κ1) is 14.6. The van der Waals surface area contributed by atoms with Crippen molar-refractivity contribution in [3.8, 4) is 0 Å². The van der Waals surface area contributed by atoms with Gasteiger partial charge >= 0.3 is 0 Å². The number of carbonyl (C=O) groups excluding carboxylic acids is 1. The van der Waals surface area contributed by atoms with Crippen molar-refractivity contribution in [1.82, 2.24) is 14.4 Å². The molecule has 2 heterocycles. The second-order valence-corrected chi connectivity index (χ2v) is 5.42. The van der Waals surface area contributed by atoms with Crippen molar-refractivity contribution >= 4 is 11.6 Å². The Bertz CT molecular complexity index is 538. The summed E-state index contributed by atoms with van der Waals surface area (Å²) >= 11 is 0. The fraction of sp³-hybridized carbons (Fsp3) is 0.571. The van der Waals surface area contributed by atoms with Crippen LogP contribution in [-0.2, 0) is 11.3 Å². The molecule has 110 valence electrons. The molecule has 6 heteroatoms. The van der Waals surface area contributed by atoms with Crippen molar-refractivity contribution in [2.45, 2.75) is 25.4 Å². The number of hydrogen-bond acceptors (Lipinski definition) is 4. The van der Waals surface area contributed by atoms with Gasteiger partial charge in [-0.2, -0.15) is 0 Å². The summed E-state index contributed by atoms with van der Waals surface area (Å²) in [5.74, 6) is 0.141. The highest BCUT2D eigenvalue weighted by Crippen LogP contribution is 2.18. The van der Waals surface area contributed by atoms with Gasteiger partial charge in [-0.25, -0.2) is 0 Å². The van der Waals surface area contributed by atoms with Crippen LogP contribution in [0.15, 0.2) is 23.1 Å². The van der Waals surface area contributed by atoms with Crippen LogP contribution in [0.3, 0.4) is 0 Å². The largest absolute Gasteiger partial charge is 0.398 e. The molecule has 2 N–H and O–H groups in total. The van der Waals surface area contributed by atoms with Crippen LogP contribution < -0.4 is 11.3 Å². The molecule has 0 aromatic carbocycles. The molecule has 1 amide bonds. The van der Waals surface area contributed by atoms with Crippen LogP contribution in [0, 0.1) is 0 Å². The van der Waals surface area contributed by atoms with Crippen LogP contribution in [0.1, 0.15) is 12.8 Å². The SMILES string of the molecule is CN(C)C(=O)C1CCCN1CCn1cc(N)ccc1=O. The van der Waals surface area contributed by atoms with Gasteiger partial charge in [-0.1, -0.05) is 0 Å². The molecule has 1 saturated heterocycles. The van der Waals surface area contributed by atoms with Crippen LogP contribution in [0.25, 0.3) is 0 Å². The fourth-order valence-electron chi connectivity index (χ4n) is 2.63. The second-order valence-electron chi connectivity index (χ2n) is 5.42. The number of nitrogen functional groups attached to an aromatic ring is 1. The molecule has 0 spiro atoms. The van der Waals surface area contributed by atoms with Gasteiger partial charge in [0.2, 0.25) is 5.91 Å². The highest BCUT2D eigenvalue weighted by Gasteiger charge is 2.31. The summed E-state index contributed by atoms with van der Waals surface area (Å²) in [6.45, 7) is 2.15. The Morgan fingerprint density at radius 1 is 1.40 bits per heavy atom. The van der Waals surface area contributed by atoms with Gasteiger partial charge in [-0.15, -0.1) is 0 Å². The number of pyridine rings is 1. The van der Waals surface area contributed by atoms with Crippen molar-refractivity contribution in [3.63, 3.8) is 0 Å². The molecule has 0 aliphatic carbocycles. The summed E-state index contributed by atoms with van der Waals surface area (Å²) < 4.78 is 1.60. The minimum atomic E-state index is -0.0612. The lowest BCUT2D eigenvalue weighted by Gasteiger charge is -2.26. The van der Waals surface area contributed by atoms with Gasteiger partial charge in [-0.05, 0) is 25.5 Å². The number of rotatable bonds is 4. The zero-order valence-electron chi connectivity index (χ0n) is 12.1. The van der Waals surface area contributed by atoms with Crippen molar-refractivity contribution in [3.05, 3.63) is 28.7 Å². The minimum Gasteiger partial charge on any atom is -0.398 e. The van der Waals surface area contributed by atoms with Crippen molar-refractivity contribution in [2.24, 2.45) is 0 Å². The summed E-state index contributed by atoms with van der Waals surface area (Å²) in [5.41, 5.74) is 6.21. The van der Waals surface area contributed by atoms with Crippen LogP contribution in [-0.4, -0.2) is 53.5 Å². The fourth-order valence-corrected chi connectivity index (χ4v) is 2.63. The molecule has 1 aromatic heterocycles. The van der Waals surface area contributed by atoms with E-state index in [1.165, 1.54) is 6.07 Å². The smallest absolute Gasteiger partial charge is 0.250 e. The third kappa shape index (κ3) is 3.19. The number of carbonyl (C=O) groups is 1. The maximum absolute atomic E-state index is 12.1. The van der Waals surface area contributed by atoms with Crippen molar-refractivity contribution < 1.29 is 4.79 Å². The molecular formula is C14H22N4O2. The van der Waals surface area contributed by atoms with Gasteiger partial charge in [0.1, 0.15) is 0 Å². The standard InChI is InChI=1S/C14H22N4O2/c1-16(2)14(20)12-4-3-7-17(12)8-9-18-10-11(15)5-6-13(18)19/h5-6,10,12H,3-4,7-9,15H2,1-2H3. The van der Waals surface area contributed by atoms with E-state index >= 15 is 0 Å². The Morgan fingerprint density at radius 3 is 2.85 bits per heavy atom. The number of nitrogens with two attached hydrogens (primary N) is 1. The highest BCUT2D eigenvalue weighted by molar-refractivity contribution is 5.81. The van der Waals surface area contributed by atoms with Gasteiger partial charge in [-0.3, -0.25) is 14.5 Å². The maximum Gasteiger partial charge on any atom is 0.250 e. The zero-order chi connectivity index (χ0) is 14.7. The Labute approximate surface area is 118 Å². The van der Waals surface area contributed by atoms with E-state index in [0.29, 0.717) is 18.8 Å². The van der Waals surface area contributed by atoms with E-state index < -0.39 is 0 Å². The zero-order valence-corrected chi connectivity index (χ0v) is 12.1. The normalized spacial score (nSPS) is 19.2. The van der Waals surface area contributed by atoms with Crippen LogP contribution in [0.2, 0.25) is 0 Å². The van der Waals surface area contributed by atoms with E-state index in [1.807, 2.05) is 0 Å². The summed E-state index contributed by atoms with van der Waals surface area (Å²) in [4.78, 5) is 27.6. The number of hydrogen-bond donors (Lipinski definition) is 1. The molecule has 0 saturated carbocycles. The Kier molecular flexibility index (Phi) is 4.44. The lowest BCUT2D eigenvalue weighted by atomic mass is 10.2. The van der Waals surface area contributed by atoms with E-state index in [2.05, 4.69) is 4.90 Å². The third-order valence-electron chi connectivity index (χ3n) is 3.72. The molecule has 0 bridgehead atoms. The van der Waals surface area contributed by atoms with Gasteiger partial charge in [0.05, 0.1) is 6.04 Å². The molecule has 1 fully saturated rings. The lowest BCUT2D eigenvalue weighted by Crippen LogP contribution is -2.44. The quantitative estimate of drug-likeness (QED) is 0.840. The Morgan fingerprint density at radius 2 is 2.15 bits per heavy atom. The molecule has 1 aliphatic rings. The van der Waals surface area contributed by atoms with E-state index in [0.717, 1.165) is 19.4 Å². The molecule has 1 aromatic rings. The lowest BCUT2D eigenvalue weighted by molar-refractivity contribution is -0.133. The summed E-state index contributed by atoms with van der Waals surface area (Å²) in [7, 11) is 3.56. The monoisotopic (exact) mass is 278 g/mol. The summed E-state index contributed by atoms with van der Waals surface area (Å²) in [5, 5.41) is 0. The number of likely N-dealkylation sites (tertiary alicyclic amines) is 1. The second kappa shape index (κ2) is 6.09. The van der Waals surface area contributed by atoms with Crippen LogP contribution in [0.4, 0.5) is 5.69 Å². The Balaban J connectivity index is 2.01. The number of nitrogens with zero attached hydrogens (tertiary/aromatic N) is 3. The number of amides is 1. The first-order valence-corrected chi connectivity index (χ1v) is 6.90. The van der Waals surface area contributed by atoms with Crippen molar-refractivity contribution in [1.29, 1.82) is 0 Å². The van der Waals surface area contributed by atoms with Gasteiger partial charge in [0.15, 0.2) is 0 Å². The molecular weight excluding hydrogens is 256 g/mol. The average Bonchev–Trinajstić information content (AvgIpc) is 2.87. The highest BCUT2D eigenvalue weighted by atomic mass is 16.2. The number of aromatic nitrogens is 1. The molecule has 1 unspecified atom stereocenters. The molecule has 2 rings (SSSR count). The first-order valence-electron chi connectivity index (χ1n) is 6.90. The first-order chi connectivity index (χ1) is 9.49. The predicted molar refractivity (Wildman–Crippen MR) is 78.4 cm³/mol. The van der Waals surface area contributed by atoms with Crippen LogP contribution >= 0.6 is 0 Å². The summed E-state index contributed by atoms with van der Waals surface area (Å²) in [6, 6.07) is 3.02. The Hall–Kier alpha value is -1.82. The van der Waals surface area contributed by atoms with Gasteiger partial charge in [0, 0.05) is 45.1 Å². The van der Waals surface area contributed by atoms with E-state index in [1.54, 1.807) is 35.8 Å². The molecule has 1 aliphatic heterocycles. The average molecular weight is 278 g/mol. The van der Waals surface area contributed by atoms with Gasteiger partial charge < -0.3 is 15.2 Å². The number of anilines is 1. The molecule has 6 nitrogen and oxygen atoms in total. The van der Waals surface area contributed by atoms with Gasteiger partial charge in [0.25, 0.3) is 5.56 Å².